The Morgan fingerprint density at radius 2 is 1.41 bits per heavy atom. The summed E-state index contributed by atoms with van der Waals surface area (Å²) in [5.41, 5.74) is 0. The van der Waals surface area contributed by atoms with Crippen LogP contribution in [0.2, 0.25) is 0 Å². The Hall–Kier alpha value is -2.73. The average Bonchev–Trinajstić information content (AvgIpc) is 2.40. The van der Waals surface area contributed by atoms with Crippen LogP contribution >= 0.6 is 0 Å². The van der Waals surface area contributed by atoms with Gasteiger partial charge in [0, 0.05) is 0 Å². The number of hydrogen-bond donors (Lipinski definition) is 4. The number of carboxylic acids is 3. The molecule has 12 heteroatoms. The summed E-state index contributed by atoms with van der Waals surface area (Å²) in [5, 5.41) is 27.0. The maximum absolute atomic E-state index is 10.2. The standard InChI is InChI=1S/C6H9NO6.C4H7NO4/c8-4-13-3-7(1-5(9)10)2-6(11)12;6-3-9-2-5-1-4(7)8/h4H,1-3H2,(H,9,10)(H,11,12);3,5H,1-2H2,(H,7,8). The highest BCUT2D eigenvalue weighted by Gasteiger charge is 2.13. The second-order valence-corrected chi connectivity index (χ2v) is 3.39. The predicted molar refractivity (Wildman–Crippen MR) is 66.5 cm³/mol. The van der Waals surface area contributed by atoms with E-state index in [-0.39, 0.29) is 33.0 Å². The van der Waals surface area contributed by atoms with E-state index in [4.69, 9.17) is 15.3 Å². The van der Waals surface area contributed by atoms with Gasteiger partial charge in [-0.25, -0.2) is 4.90 Å². The van der Waals surface area contributed by atoms with Crippen molar-refractivity contribution in [1.29, 1.82) is 0 Å². The Labute approximate surface area is 124 Å². The van der Waals surface area contributed by atoms with Crippen molar-refractivity contribution >= 4 is 30.9 Å². The van der Waals surface area contributed by atoms with Crippen molar-refractivity contribution in [2.24, 2.45) is 0 Å². The molecule has 0 rings (SSSR count). The van der Waals surface area contributed by atoms with Gasteiger partial charge in [-0.3, -0.25) is 29.3 Å². The number of rotatable bonds is 12. The molecule has 0 spiro atoms. The van der Waals surface area contributed by atoms with Crippen LogP contribution in [0.15, 0.2) is 0 Å². The van der Waals surface area contributed by atoms with Gasteiger partial charge >= 0.3 is 17.9 Å². The van der Waals surface area contributed by atoms with Crippen LogP contribution in [0, 0.1) is 0 Å². The molecule has 0 bridgehead atoms. The summed E-state index contributed by atoms with van der Waals surface area (Å²) in [4.78, 5) is 50.2. The zero-order valence-corrected chi connectivity index (χ0v) is 11.3. The van der Waals surface area contributed by atoms with Gasteiger partial charge in [-0.15, -0.1) is 0 Å². The molecular weight excluding hydrogens is 308 g/mol. The molecule has 0 heterocycles. The number of ether oxygens (including phenoxy) is 2. The number of nitrogens with one attached hydrogen (secondary N) is 1. The van der Waals surface area contributed by atoms with Crippen LogP contribution in [-0.4, -0.2) is 84.2 Å². The molecule has 0 aromatic rings. The molecule has 4 N–H and O–H groups in total. The first-order chi connectivity index (χ1) is 10.3. The molecule has 12 nitrogen and oxygen atoms in total. The minimum Gasteiger partial charge on any atom is -0.480 e. The second-order valence-electron chi connectivity index (χ2n) is 3.39. The number of hydrogen-bond acceptors (Lipinski definition) is 9. The lowest BCUT2D eigenvalue weighted by Gasteiger charge is -2.15. The highest BCUT2D eigenvalue weighted by molar-refractivity contribution is 5.72. The van der Waals surface area contributed by atoms with Crippen LogP contribution in [0.3, 0.4) is 0 Å². The monoisotopic (exact) mass is 324 g/mol. The number of nitrogens with zero attached hydrogens (tertiary/aromatic N) is 1. The summed E-state index contributed by atoms with van der Waals surface area (Å²) < 4.78 is 8.34. The zero-order chi connectivity index (χ0) is 17.4. The predicted octanol–water partition coefficient (Wildman–Crippen LogP) is -2.62. The van der Waals surface area contributed by atoms with E-state index in [2.05, 4.69) is 14.8 Å². The number of aliphatic carboxylic acids is 3. The van der Waals surface area contributed by atoms with Gasteiger partial charge in [0.2, 0.25) is 0 Å². The molecule has 0 atom stereocenters. The summed E-state index contributed by atoms with van der Waals surface area (Å²) >= 11 is 0. The van der Waals surface area contributed by atoms with E-state index in [0.29, 0.717) is 0 Å². The zero-order valence-electron chi connectivity index (χ0n) is 11.3. The fraction of sp³-hybridized carbons (Fsp3) is 0.500. The van der Waals surface area contributed by atoms with Crippen LogP contribution < -0.4 is 5.32 Å². The van der Waals surface area contributed by atoms with Crippen molar-refractivity contribution in [3.05, 3.63) is 0 Å². The topological polar surface area (TPSA) is 180 Å². The molecule has 0 aliphatic rings. The van der Waals surface area contributed by atoms with E-state index >= 15 is 0 Å². The summed E-state index contributed by atoms with van der Waals surface area (Å²) in [6.45, 7) is -1.21. The lowest BCUT2D eigenvalue weighted by molar-refractivity contribution is -0.148. The molecule has 0 aromatic carbocycles. The highest BCUT2D eigenvalue weighted by atomic mass is 16.5. The highest BCUT2D eigenvalue weighted by Crippen LogP contribution is 1.88. The lowest BCUT2D eigenvalue weighted by Crippen LogP contribution is -2.36. The molecule has 0 amide bonds. The SMILES string of the molecule is O=COCN(CC(=O)O)CC(=O)O.O=COCNCC(=O)O. The van der Waals surface area contributed by atoms with Crippen LogP contribution in [-0.2, 0) is 33.4 Å². The summed E-state index contributed by atoms with van der Waals surface area (Å²) in [5.74, 6) is -3.35. The van der Waals surface area contributed by atoms with Gasteiger partial charge in [0.05, 0.1) is 19.6 Å². The van der Waals surface area contributed by atoms with Crippen LogP contribution in [0.1, 0.15) is 0 Å². The van der Waals surface area contributed by atoms with Gasteiger partial charge < -0.3 is 24.8 Å². The van der Waals surface area contributed by atoms with E-state index in [1.165, 1.54) is 0 Å². The van der Waals surface area contributed by atoms with Crippen LogP contribution in [0.4, 0.5) is 0 Å². The third kappa shape index (κ3) is 19.6. The molecule has 0 aliphatic heterocycles. The van der Waals surface area contributed by atoms with Crippen molar-refractivity contribution in [2.75, 3.05) is 33.1 Å². The molecule has 0 aliphatic carbocycles. The minimum absolute atomic E-state index is 0.0597. The molecule has 22 heavy (non-hydrogen) atoms. The molecule has 0 saturated heterocycles. The Morgan fingerprint density at radius 1 is 0.909 bits per heavy atom. The first-order valence-electron chi connectivity index (χ1n) is 5.52. The van der Waals surface area contributed by atoms with Gasteiger partial charge in [-0.05, 0) is 0 Å². The summed E-state index contributed by atoms with van der Waals surface area (Å²) in [7, 11) is 0. The van der Waals surface area contributed by atoms with E-state index in [9.17, 15) is 24.0 Å². The average molecular weight is 324 g/mol. The first kappa shape index (κ1) is 21.6. The normalized spacial score (nSPS) is 9.14. The second kappa shape index (κ2) is 14.7. The Kier molecular flexibility index (Phi) is 14.4. The van der Waals surface area contributed by atoms with Crippen LogP contribution in [0.25, 0.3) is 0 Å². The fourth-order valence-corrected chi connectivity index (χ4v) is 0.917. The Balaban J connectivity index is 0. The van der Waals surface area contributed by atoms with Crippen molar-refractivity contribution < 1.29 is 48.8 Å². The quantitative estimate of drug-likeness (QED) is 0.167. The third-order valence-corrected chi connectivity index (χ3v) is 1.57. The summed E-state index contributed by atoms with van der Waals surface area (Å²) in [6.07, 6.45) is 0. The van der Waals surface area contributed by atoms with E-state index < -0.39 is 31.0 Å². The Morgan fingerprint density at radius 3 is 1.77 bits per heavy atom. The lowest BCUT2D eigenvalue weighted by atomic mass is 10.5. The van der Waals surface area contributed by atoms with Crippen LogP contribution in [0.5, 0.6) is 0 Å². The first-order valence-corrected chi connectivity index (χ1v) is 5.52. The largest absolute Gasteiger partial charge is 0.480 e. The van der Waals surface area contributed by atoms with Gasteiger partial charge in [0.15, 0.2) is 0 Å². The van der Waals surface area contributed by atoms with Gasteiger partial charge in [-0.2, -0.15) is 0 Å². The molecular formula is C10H16N2O10. The molecule has 0 radical (unpaired) electrons. The molecule has 126 valence electrons. The van der Waals surface area contributed by atoms with Crippen molar-refractivity contribution in [3.63, 3.8) is 0 Å². The maximum Gasteiger partial charge on any atom is 0.317 e. The van der Waals surface area contributed by atoms with E-state index in [1.54, 1.807) is 0 Å². The molecule has 0 saturated carbocycles. The smallest absolute Gasteiger partial charge is 0.317 e. The number of carbonyl (C=O) groups excluding carboxylic acids is 2. The van der Waals surface area contributed by atoms with Gasteiger partial charge in [0.1, 0.15) is 13.5 Å². The molecule has 0 unspecified atom stereocenters. The van der Waals surface area contributed by atoms with Gasteiger partial charge in [-0.1, -0.05) is 0 Å². The Bertz CT molecular complexity index is 357. The van der Waals surface area contributed by atoms with E-state index in [0.717, 1.165) is 4.90 Å². The minimum atomic E-state index is -1.18. The van der Waals surface area contributed by atoms with Gasteiger partial charge in [0.25, 0.3) is 12.9 Å². The van der Waals surface area contributed by atoms with E-state index in [1.807, 2.05) is 0 Å². The molecule has 0 fully saturated rings. The number of carbonyl (C=O) groups is 5. The summed E-state index contributed by atoms with van der Waals surface area (Å²) in [6, 6.07) is 0. The fourth-order valence-electron chi connectivity index (χ4n) is 0.917. The van der Waals surface area contributed by atoms with Crippen molar-refractivity contribution in [1.82, 2.24) is 10.2 Å². The molecule has 0 aromatic heterocycles. The van der Waals surface area contributed by atoms with Crippen molar-refractivity contribution in [3.8, 4) is 0 Å². The third-order valence-electron chi connectivity index (χ3n) is 1.57. The maximum atomic E-state index is 10.2. The number of carboxylic acid groups (broad SMARTS) is 3. The van der Waals surface area contributed by atoms with Crippen molar-refractivity contribution in [2.45, 2.75) is 0 Å².